The number of fused-ring (bicyclic) bond motifs is 1. The van der Waals surface area contributed by atoms with Crippen LogP contribution in [0.4, 0.5) is 11.4 Å². The first kappa shape index (κ1) is 18.2. The first-order valence-electron chi connectivity index (χ1n) is 8.98. The standard InChI is InChI=1S/C22H18ClN3O2/c1-14-12-15-6-2-3-11-20(15)26(14)22(28)19-10-5-9-18(25-19)21(27)24-17-8-4-7-16(23)13-17/h2-11,13-14H,12H2,1H3,(H,24,27). The van der Waals surface area contributed by atoms with Crippen LogP contribution in [0, 0.1) is 0 Å². The molecule has 0 bridgehead atoms. The minimum Gasteiger partial charge on any atom is -0.321 e. The Morgan fingerprint density at radius 1 is 1.04 bits per heavy atom. The largest absolute Gasteiger partial charge is 0.321 e. The fraction of sp³-hybridized carbons (Fsp3) is 0.136. The van der Waals surface area contributed by atoms with Gasteiger partial charge in [-0.05, 0) is 55.3 Å². The van der Waals surface area contributed by atoms with Gasteiger partial charge >= 0.3 is 0 Å². The molecule has 1 aliphatic heterocycles. The summed E-state index contributed by atoms with van der Waals surface area (Å²) in [7, 11) is 0. The molecule has 140 valence electrons. The number of anilines is 2. The van der Waals surface area contributed by atoms with Crippen LogP contribution in [-0.2, 0) is 6.42 Å². The summed E-state index contributed by atoms with van der Waals surface area (Å²) in [5, 5.41) is 3.27. The third-order valence-electron chi connectivity index (χ3n) is 4.71. The van der Waals surface area contributed by atoms with Crippen LogP contribution in [-0.4, -0.2) is 22.8 Å². The average Bonchev–Trinajstić information content (AvgIpc) is 3.03. The van der Waals surface area contributed by atoms with Crippen molar-refractivity contribution in [3.8, 4) is 0 Å². The number of nitrogens with zero attached hydrogens (tertiary/aromatic N) is 2. The van der Waals surface area contributed by atoms with Gasteiger partial charge in [0.15, 0.2) is 0 Å². The third-order valence-corrected chi connectivity index (χ3v) is 4.94. The molecule has 0 aliphatic carbocycles. The number of benzene rings is 2. The number of pyridine rings is 1. The van der Waals surface area contributed by atoms with Gasteiger partial charge in [-0.15, -0.1) is 0 Å². The number of para-hydroxylation sites is 1. The van der Waals surface area contributed by atoms with Crippen molar-refractivity contribution >= 4 is 34.8 Å². The molecule has 5 nitrogen and oxygen atoms in total. The number of amides is 2. The molecular weight excluding hydrogens is 374 g/mol. The molecule has 2 heterocycles. The minimum absolute atomic E-state index is 0.0376. The molecule has 6 heteroatoms. The van der Waals surface area contributed by atoms with Crippen LogP contribution in [0.2, 0.25) is 5.02 Å². The molecule has 28 heavy (non-hydrogen) atoms. The summed E-state index contributed by atoms with van der Waals surface area (Å²) in [5.74, 6) is -0.610. The monoisotopic (exact) mass is 391 g/mol. The maximum Gasteiger partial charge on any atom is 0.277 e. The summed E-state index contributed by atoms with van der Waals surface area (Å²) < 4.78 is 0. The number of carbonyl (C=O) groups is 2. The van der Waals surface area contributed by atoms with E-state index < -0.39 is 5.91 Å². The van der Waals surface area contributed by atoms with Crippen molar-refractivity contribution in [2.45, 2.75) is 19.4 Å². The molecule has 1 unspecified atom stereocenters. The minimum atomic E-state index is -0.396. The molecule has 2 amide bonds. The smallest absolute Gasteiger partial charge is 0.277 e. The fourth-order valence-electron chi connectivity index (χ4n) is 3.44. The van der Waals surface area contributed by atoms with Gasteiger partial charge in [0, 0.05) is 22.4 Å². The van der Waals surface area contributed by atoms with Gasteiger partial charge in [0.05, 0.1) is 0 Å². The van der Waals surface area contributed by atoms with Gasteiger partial charge in [-0.3, -0.25) is 9.59 Å². The lowest BCUT2D eigenvalue weighted by molar-refractivity contribution is 0.0976. The highest BCUT2D eigenvalue weighted by molar-refractivity contribution is 6.31. The van der Waals surface area contributed by atoms with Crippen molar-refractivity contribution in [2.75, 3.05) is 10.2 Å². The molecule has 1 atom stereocenters. The van der Waals surface area contributed by atoms with Crippen LogP contribution < -0.4 is 10.2 Å². The number of hydrogen-bond donors (Lipinski definition) is 1. The van der Waals surface area contributed by atoms with Crippen LogP contribution in [0.25, 0.3) is 0 Å². The number of halogens is 1. The zero-order chi connectivity index (χ0) is 19.7. The molecule has 4 rings (SSSR count). The van der Waals surface area contributed by atoms with Gasteiger partial charge in [0.2, 0.25) is 0 Å². The van der Waals surface area contributed by atoms with Crippen LogP contribution in [0.5, 0.6) is 0 Å². The summed E-state index contributed by atoms with van der Waals surface area (Å²) in [6, 6.07) is 19.6. The maximum absolute atomic E-state index is 13.1. The lowest BCUT2D eigenvalue weighted by Crippen LogP contribution is -2.36. The van der Waals surface area contributed by atoms with Gasteiger partial charge in [-0.2, -0.15) is 0 Å². The average molecular weight is 392 g/mol. The predicted octanol–water partition coefficient (Wildman–Crippen LogP) is 4.58. The highest BCUT2D eigenvalue weighted by Crippen LogP contribution is 2.32. The highest BCUT2D eigenvalue weighted by Gasteiger charge is 2.32. The first-order valence-corrected chi connectivity index (χ1v) is 9.36. The second-order valence-corrected chi connectivity index (χ2v) is 7.17. The molecule has 2 aromatic carbocycles. The molecule has 0 radical (unpaired) electrons. The van der Waals surface area contributed by atoms with E-state index >= 15 is 0 Å². The van der Waals surface area contributed by atoms with Gasteiger partial charge in [0.1, 0.15) is 11.4 Å². The molecule has 3 aromatic rings. The Kier molecular flexibility index (Phi) is 4.84. The van der Waals surface area contributed by atoms with Crippen molar-refractivity contribution in [1.82, 2.24) is 4.98 Å². The zero-order valence-corrected chi connectivity index (χ0v) is 16.0. The van der Waals surface area contributed by atoms with Crippen molar-refractivity contribution in [3.05, 3.63) is 88.7 Å². The lowest BCUT2D eigenvalue weighted by Gasteiger charge is -2.22. The predicted molar refractivity (Wildman–Crippen MR) is 110 cm³/mol. The molecule has 1 aliphatic rings. The Balaban J connectivity index is 1.58. The maximum atomic E-state index is 13.1. The number of carbonyl (C=O) groups excluding carboxylic acids is 2. The zero-order valence-electron chi connectivity index (χ0n) is 15.2. The van der Waals surface area contributed by atoms with Crippen LogP contribution in [0.1, 0.15) is 33.5 Å². The van der Waals surface area contributed by atoms with E-state index in [0.717, 1.165) is 17.7 Å². The summed E-state index contributed by atoms with van der Waals surface area (Å²) in [6.07, 6.45) is 0.802. The topological polar surface area (TPSA) is 62.3 Å². The number of aromatic nitrogens is 1. The van der Waals surface area contributed by atoms with Gasteiger partial charge in [-0.25, -0.2) is 4.98 Å². The van der Waals surface area contributed by atoms with Gasteiger partial charge < -0.3 is 10.2 Å². The molecule has 1 aromatic heterocycles. The quantitative estimate of drug-likeness (QED) is 0.710. The first-order chi connectivity index (χ1) is 13.5. The van der Waals surface area contributed by atoms with E-state index in [2.05, 4.69) is 10.3 Å². The summed E-state index contributed by atoms with van der Waals surface area (Å²) >= 11 is 5.95. The van der Waals surface area contributed by atoms with E-state index in [1.54, 1.807) is 47.4 Å². The van der Waals surface area contributed by atoms with E-state index in [1.807, 2.05) is 31.2 Å². The van der Waals surface area contributed by atoms with E-state index in [0.29, 0.717) is 10.7 Å². The Labute approximate surface area is 168 Å². The number of hydrogen-bond acceptors (Lipinski definition) is 3. The molecule has 0 saturated heterocycles. The molecule has 1 N–H and O–H groups in total. The Morgan fingerprint density at radius 3 is 2.61 bits per heavy atom. The third kappa shape index (κ3) is 3.49. The molecular formula is C22H18ClN3O2. The van der Waals surface area contributed by atoms with Crippen LogP contribution in [0.15, 0.2) is 66.7 Å². The fourth-order valence-corrected chi connectivity index (χ4v) is 3.63. The highest BCUT2D eigenvalue weighted by atomic mass is 35.5. The number of nitrogens with one attached hydrogen (secondary N) is 1. The van der Waals surface area contributed by atoms with Gasteiger partial charge in [0.25, 0.3) is 11.8 Å². The molecule has 0 fully saturated rings. The van der Waals surface area contributed by atoms with E-state index in [-0.39, 0.29) is 23.3 Å². The Bertz CT molecular complexity index is 1070. The van der Waals surface area contributed by atoms with Gasteiger partial charge in [-0.1, -0.05) is 41.9 Å². The second-order valence-electron chi connectivity index (χ2n) is 6.73. The van der Waals surface area contributed by atoms with Crippen molar-refractivity contribution in [3.63, 3.8) is 0 Å². The number of rotatable bonds is 3. The van der Waals surface area contributed by atoms with E-state index in [4.69, 9.17) is 11.6 Å². The SMILES string of the molecule is CC1Cc2ccccc2N1C(=O)c1cccc(C(=O)Nc2cccc(Cl)c2)n1. The van der Waals surface area contributed by atoms with Crippen molar-refractivity contribution in [2.24, 2.45) is 0 Å². The van der Waals surface area contributed by atoms with E-state index in [1.165, 1.54) is 0 Å². The molecule has 0 saturated carbocycles. The van der Waals surface area contributed by atoms with Crippen molar-refractivity contribution in [1.29, 1.82) is 0 Å². The Hall–Kier alpha value is -3.18. The van der Waals surface area contributed by atoms with E-state index in [9.17, 15) is 9.59 Å². The summed E-state index contributed by atoms with van der Waals surface area (Å²) in [5.41, 5.74) is 3.01. The second kappa shape index (κ2) is 7.44. The Morgan fingerprint density at radius 2 is 1.79 bits per heavy atom. The lowest BCUT2D eigenvalue weighted by atomic mass is 10.1. The normalized spacial score (nSPS) is 15.2. The van der Waals surface area contributed by atoms with Crippen LogP contribution >= 0.6 is 11.6 Å². The summed E-state index contributed by atoms with van der Waals surface area (Å²) in [6.45, 7) is 2.01. The molecule has 0 spiro atoms. The van der Waals surface area contributed by atoms with Crippen LogP contribution in [0.3, 0.4) is 0 Å². The summed E-state index contributed by atoms with van der Waals surface area (Å²) in [4.78, 5) is 31.7. The van der Waals surface area contributed by atoms with Crippen molar-refractivity contribution < 1.29 is 9.59 Å².